The fourth-order valence-electron chi connectivity index (χ4n) is 3.52. The first-order valence-electron chi connectivity index (χ1n) is 9.16. The van der Waals surface area contributed by atoms with Crippen molar-refractivity contribution in [2.75, 3.05) is 30.3 Å². The summed E-state index contributed by atoms with van der Waals surface area (Å²) in [7, 11) is 0. The summed E-state index contributed by atoms with van der Waals surface area (Å²) in [5.74, 6) is 3.30. The maximum Gasteiger partial charge on any atom is 0.230 e. The monoisotopic (exact) mass is 377 g/mol. The maximum atomic E-state index is 11.8. The first-order chi connectivity index (χ1) is 12.6. The zero-order valence-corrected chi connectivity index (χ0v) is 16.5. The Balaban J connectivity index is 1.82. The quantitative estimate of drug-likeness (QED) is 0.748. The standard InChI is InChI=1S/C18H27N5O2S/c1-4-19-16(24)12-26-18-21-20-17(22-9-13(2)8-14(3)10-22)23(18)11-15-6-5-7-25-15/h5-7,13-14H,4,8-12H2,1-3H3,(H,19,24)/t13-,14-/m0/s1. The number of amides is 1. The number of thioether (sulfide) groups is 1. The van der Waals surface area contributed by atoms with Gasteiger partial charge in [-0.1, -0.05) is 25.6 Å². The van der Waals surface area contributed by atoms with Crippen LogP contribution in [-0.4, -0.2) is 46.1 Å². The van der Waals surface area contributed by atoms with E-state index in [4.69, 9.17) is 4.42 Å². The molecule has 1 aliphatic heterocycles. The second-order valence-corrected chi connectivity index (χ2v) is 7.98. The zero-order valence-electron chi connectivity index (χ0n) is 15.6. The van der Waals surface area contributed by atoms with Gasteiger partial charge in [-0.15, -0.1) is 10.2 Å². The van der Waals surface area contributed by atoms with Crippen LogP contribution in [0.25, 0.3) is 0 Å². The first-order valence-corrected chi connectivity index (χ1v) is 10.1. The lowest BCUT2D eigenvalue weighted by Crippen LogP contribution is -2.40. The van der Waals surface area contributed by atoms with Crippen molar-refractivity contribution in [1.29, 1.82) is 0 Å². The van der Waals surface area contributed by atoms with E-state index < -0.39 is 0 Å². The molecular formula is C18H27N5O2S. The number of hydrogen-bond donors (Lipinski definition) is 1. The van der Waals surface area contributed by atoms with Gasteiger partial charge in [-0.05, 0) is 37.3 Å². The van der Waals surface area contributed by atoms with Crippen LogP contribution in [0.3, 0.4) is 0 Å². The van der Waals surface area contributed by atoms with Crippen molar-refractivity contribution in [3.8, 4) is 0 Å². The Labute approximate surface area is 158 Å². The summed E-state index contributed by atoms with van der Waals surface area (Å²) in [6, 6.07) is 3.83. The predicted octanol–water partition coefficient (Wildman–Crippen LogP) is 2.63. The molecule has 0 unspecified atom stereocenters. The van der Waals surface area contributed by atoms with E-state index >= 15 is 0 Å². The van der Waals surface area contributed by atoms with E-state index in [0.717, 1.165) is 30.0 Å². The van der Waals surface area contributed by atoms with Crippen molar-refractivity contribution in [1.82, 2.24) is 20.1 Å². The Morgan fingerprint density at radius 3 is 2.77 bits per heavy atom. The predicted molar refractivity (Wildman–Crippen MR) is 102 cm³/mol. The van der Waals surface area contributed by atoms with Crippen LogP contribution in [0.15, 0.2) is 28.0 Å². The molecule has 0 radical (unpaired) electrons. The molecule has 1 N–H and O–H groups in total. The van der Waals surface area contributed by atoms with E-state index in [1.54, 1.807) is 6.26 Å². The van der Waals surface area contributed by atoms with Gasteiger partial charge in [0.2, 0.25) is 11.9 Å². The number of furan rings is 1. The third-order valence-electron chi connectivity index (χ3n) is 4.45. The van der Waals surface area contributed by atoms with Crippen LogP contribution in [0.1, 0.15) is 33.0 Å². The summed E-state index contributed by atoms with van der Waals surface area (Å²) < 4.78 is 7.59. The molecule has 3 rings (SSSR count). The molecule has 2 aromatic rings. The Hall–Kier alpha value is -1.96. The van der Waals surface area contributed by atoms with Crippen molar-refractivity contribution < 1.29 is 9.21 Å². The molecule has 142 valence electrons. The minimum absolute atomic E-state index is 0.00631. The van der Waals surface area contributed by atoms with Crippen LogP contribution in [0, 0.1) is 11.8 Å². The van der Waals surface area contributed by atoms with Crippen LogP contribution in [0.2, 0.25) is 0 Å². The summed E-state index contributed by atoms with van der Waals surface area (Å²) >= 11 is 1.41. The summed E-state index contributed by atoms with van der Waals surface area (Å²) in [4.78, 5) is 14.1. The van der Waals surface area contributed by atoms with Crippen molar-refractivity contribution in [2.45, 2.75) is 38.9 Å². The molecule has 0 spiro atoms. The number of rotatable bonds is 7. The molecule has 8 heteroatoms. The lowest BCUT2D eigenvalue weighted by Gasteiger charge is -2.35. The molecule has 2 atom stereocenters. The van der Waals surface area contributed by atoms with Crippen LogP contribution < -0.4 is 10.2 Å². The Kier molecular flexibility index (Phi) is 6.24. The highest BCUT2D eigenvalue weighted by Crippen LogP contribution is 2.28. The number of aromatic nitrogens is 3. The third kappa shape index (κ3) is 4.60. The fraction of sp³-hybridized carbons (Fsp3) is 0.611. The SMILES string of the molecule is CCNC(=O)CSc1nnc(N2C[C@@H](C)C[C@H](C)C2)n1Cc1ccco1. The van der Waals surface area contributed by atoms with E-state index in [0.29, 0.717) is 30.7 Å². The van der Waals surface area contributed by atoms with E-state index in [9.17, 15) is 4.79 Å². The number of hydrogen-bond acceptors (Lipinski definition) is 6. The number of carbonyl (C=O) groups is 1. The van der Waals surface area contributed by atoms with Gasteiger partial charge < -0.3 is 14.6 Å². The van der Waals surface area contributed by atoms with Gasteiger partial charge in [0.25, 0.3) is 0 Å². The molecule has 2 aromatic heterocycles. The number of piperidine rings is 1. The molecule has 0 saturated carbocycles. The van der Waals surface area contributed by atoms with Crippen molar-refractivity contribution >= 4 is 23.6 Å². The van der Waals surface area contributed by atoms with E-state index in [1.807, 2.05) is 19.1 Å². The van der Waals surface area contributed by atoms with E-state index in [2.05, 4.69) is 38.8 Å². The number of anilines is 1. The van der Waals surface area contributed by atoms with Crippen LogP contribution in [0.4, 0.5) is 5.95 Å². The summed E-state index contributed by atoms with van der Waals surface area (Å²) in [6.45, 7) is 9.61. The number of nitrogens with one attached hydrogen (secondary N) is 1. The molecule has 7 nitrogen and oxygen atoms in total. The van der Waals surface area contributed by atoms with Gasteiger partial charge in [0, 0.05) is 19.6 Å². The smallest absolute Gasteiger partial charge is 0.230 e. The van der Waals surface area contributed by atoms with Gasteiger partial charge >= 0.3 is 0 Å². The van der Waals surface area contributed by atoms with E-state index in [-0.39, 0.29) is 5.91 Å². The number of nitrogens with zero attached hydrogens (tertiary/aromatic N) is 4. The molecule has 1 fully saturated rings. The average molecular weight is 378 g/mol. The topological polar surface area (TPSA) is 76.2 Å². The van der Waals surface area contributed by atoms with Crippen molar-refractivity contribution in [3.05, 3.63) is 24.2 Å². The Bertz CT molecular complexity index is 705. The molecule has 0 bridgehead atoms. The molecule has 1 aliphatic rings. The Morgan fingerprint density at radius 2 is 2.12 bits per heavy atom. The van der Waals surface area contributed by atoms with Crippen molar-refractivity contribution in [2.24, 2.45) is 11.8 Å². The summed E-state index contributed by atoms with van der Waals surface area (Å²) in [6.07, 6.45) is 2.91. The molecule has 0 aromatic carbocycles. The van der Waals surface area contributed by atoms with Gasteiger partial charge in [-0.3, -0.25) is 9.36 Å². The zero-order chi connectivity index (χ0) is 18.5. The molecule has 26 heavy (non-hydrogen) atoms. The van der Waals surface area contributed by atoms with Gasteiger partial charge in [0.1, 0.15) is 5.76 Å². The first kappa shape index (κ1) is 18.8. The molecule has 1 saturated heterocycles. The lowest BCUT2D eigenvalue weighted by atomic mass is 9.92. The van der Waals surface area contributed by atoms with Crippen LogP contribution in [0.5, 0.6) is 0 Å². The number of carbonyl (C=O) groups excluding carboxylic acids is 1. The highest BCUT2D eigenvalue weighted by atomic mass is 32.2. The fourth-order valence-corrected chi connectivity index (χ4v) is 4.29. The Morgan fingerprint density at radius 1 is 1.35 bits per heavy atom. The maximum absolute atomic E-state index is 11.8. The van der Waals surface area contributed by atoms with Crippen LogP contribution in [-0.2, 0) is 11.3 Å². The molecule has 3 heterocycles. The summed E-state index contributed by atoms with van der Waals surface area (Å²) in [5.41, 5.74) is 0. The van der Waals surface area contributed by atoms with E-state index in [1.165, 1.54) is 18.2 Å². The highest BCUT2D eigenvalue weighted by Gasteiger charge is 2.27. The lowest BCUT2D eigenvalue weighted by molar-refractivity contribution is -0.118. The summed E-state index contributed by atoms with van der Waals surface area (Å²) in [5, 5.41) is 12.4. The molecule has 0 aliphatic carbocycles. The highest BCUT2D eigenvalue weighted by molar-refractivity contribution is 7.99. The van der Waals surface area contributed by atoms with Gasteiger partial charge in [0.15, 0.2) is 5.16 Å². The van der Waals surface area contributed by atoms with Crippen LogP contribution >= 0.6 is 11.8 Å². The van der Waals surface area contributed by atoms with Crippen molar-refractivity contribution in [3.63, 3.8) is 0 Å². The minimum atomic E-state index is 0.00631. The third-order valence-corrected chi connectivity index (χ3v) is 5.42. The second-order valence-electron chi connectivity index (χ2n) is 7.04. The normalized spacial score (nSPS) is 20.3. The average Bonchev–Trinajstić information content (AvgIpc) is 3.23. The second kappa shape index (κ2) is 8.62. The van der Waals surface area contributed by atoms with Gasteiger partial charge in [-0.2, -0.15) is 0 Å². The van der Waals surface area contributed by atoms with Gasteiger partial charge in [0.05, 0.1) is 18.6 Å². The largest absolute Gasteiger partial charge is 0.467 e. The van der Waals surface area contributed by atoms with Gasteiger partial charge in [-0.25, -0.2) is 0 Å². The molecule has 1 amide bonds. The minimum Gasteiger partial charge on any atom is -0.467 e. The molecular weight excluding hydrogens is 350 g/mol.